The molecule has 0 bridgehead atoms. The van der Waals surface area contributed by atoms with Crippen molar-refractivity contribution in [3.8, 4) is 0 Å². The summed E-state index contributed by atoms with van der Waals surface area (Å²) in [5.41, 5.74) is 0.677. The summed E-state index contributed by atoms with van der Waals surface area (Å²) in [5.74, 6) is 0.890. The van der Waals surface area contributed by atoms with E-state index in [1.807, 2.05) is 14.1 Å². The van der Waals surface area contributed by atoms with E-state index >= 15 is 0 Å². The van der Waals surface area contributed by atoms with Crippen molar-refractivity contribution in [2.75, 3.05) is 20.0 Å². The molecule has 1 atom stereocenters. The zero-order valence-corrected chi connectivity index (χ0v) is 18.9. The monoisotopic (exact) mass is 425 g/mol. The van der Waals surface area contributed by atoms with Gasteiger partial charge in [-0.25, -0.2) is 0 Å². The van der Waals surface area contributed by atoms with Crippen LogP contribution in [0.25, 0.3) is 0 Å². The highest BCUT2D eigenvalue weighted by Crippen LogP contribution is 2.19. The van der Waals surface area contributed by atoms with Gasteiger partial charge in [-0.3, -0.25) is 4.79 Å². The fourth-order valence-corrected chi connectivity index (χ4v) is 2.85. The zero-order valence-electron chi connectivity index (χ0n) is 16.5. The molecule has 0 saturated carbocycles. The van der Waals surface area contributed by atoms with Crippen LogP contribution in [-0.2, 0) is 4.79 Å². The Morgan fingerprint density at radius 2 is 1.38 bits per heavy atom. The highest BCUT2D eigenvalue weighted by molar-refractivity contribution is 8.93. The minimum Gasteiger partial charge on any atom is -0.323 e. The normalized spacial score (nSPS) is 11.0. The highest BCUT2D eigenvalue weighted by atomic mass is 79.9. The molecular weight excluding hydrogens is 386 g/mol. The van der Waals surface area contributed by atoms with Crippen molar-refractivity contribution in [1.29, 1.82) is 0 Å². The first-order valence-electron chi connectivity index (χ1n) is 9.39. The Kier molecular flexibility index (Phi) is 27.9. The molecule has 0 radical (unpaired) electrons. The van der Waals surface area contributed by atoms with Crippen LogP contribution in [0, 0.1) is 5.92 Å². The summed E-state index contributed by atoms with van der Waals surface area (Å²) in [7, 11) is 3.75. The van der Waals surface area contributed by atoms with Crippen molar-refractivity contribution in [2.45, 2.75) is 84.5 Å². The van der Waals surface area contributed by atoms with E-state index in [-0.39, 0.29) is 28.7 Å². The van der Waals surface area contributed by atoms with Crippen LogP contribution in [0.5, 0.6) is 0 Å². The van der Waals surface area contributed by atoms with E-state index in [2.05, 4.69) is 18.8 Å². The average Bonchev–Trinajstić information content (AvgIpc) is 2.52. The lowest BCUT2D eigenvalue weighted by atomic mass is 9.91. The van der Waals surface area contributed by atoms with Gasteiger partial charge >= 0.3 is 0 Å². The molecule has 0 aromatic rings. The molecule has 2 nitrogen and oxygen atoms in total. The van der Waals surface area contributed by atoms with E-state index in [0.29, 0.717) is 11.5 Å². The number of hydrogen-bond donors (Lipinski definition) is 1. The molecule has 24 heavy (non-hydrogen) atoms. The Labute approximate surface area is 167 Å². The molecule has 0 rings (SSSR count). The highest BCUT2D eigenvalue weighted by Gasteiger charge is 2.17. The second kappa shape index (κ2) is 23.1. The molecular formula is C20H41BrClNO. The standard InChI is InChI=1S/C18H33ClO.C2H7N.BrH/c1-4-5-6-7-8-9-10-11-12-13-17(14-15-19)18(20)16(2)3;1-3-2;/h17H,2,4-15H2,1,3H3;3H,1-2H3;1H. The number of Topliss-reactive ketones (excluding diaryl/α,β-unsaturated/α-hetero) is 1. The maximum atomic E-state index is 11.9. The minimum atomic E-state index is 0. The largest absolute Gasteiger partial charge is 0.323 e. The van der Waals surface area contributed by atoms with Gasteiger partial charge in [-0.1, -0.05) is 71.3 Å². The zero-order chi connectivity index (χ0) is 17.9. The molecule has 146 valence electrons. The third kappa shape index (κ3) is 20.2. The summed E-state index contributed by atoms with van der Waals surface area (Å²) < 4.78 is 0. The van der Waals surface area contributed by atoms with Crippen LogP contribution in [0.3, 0.4) is 0 Å². The lowest BCUT2D eigenvalue weighted by Gasteiger charge is -2.14. The third-order valence-corrected chi connectivity index (χ3v) is 4.12. The maximum absolute atomic E-state index is 11.9. The number of hydrogen-bond acceptors (Lipinski definition) is 2. The van der Waals surface area contributed by atoms with Crippen molar-refractivity contribution in [3.05, 3.63) is 12.2 Å². The Hall–Kier alpha value is 0.140. The minimum absolute atomic E-state index is 0. The van der Waals surface area contributed by atoms with Crippen LogP contribution in [0.4, 0.5) is 0 Å². The number of carbonyl (C=O) groups excluding carboxylic acids is 1. The lowest BCUT2D eigenvalue weighted by Crippen LogP contribution is -2.15. The van der Waals surface area contributed by atoms with Crippen LogP contribution in [-0.4, -0.2) is 25.8 Å². The van der Waals surface area contributed by atoms with E-state index in [1.165, 1.54) is 51.4 Å². The van der Waals surface area contributed by atoms with Gasteiger partial charge in [0.1, 0.15) is 0 Å². The third-order valence-electron chi connectivity index (χ3n) is 3.91. The molecule has 4 heteroatoms. The number of halogens is 2. The van der Waals surface area contributed by atoms with Gasteiger partial charge in [-0.15, -0.1) is 28.6 Å². The predicted molar refractivity (Wildman–Crippen MR) is 116 cm³/mol. The summed E-state index contributed by atoms with van der Waals surface area (Å²) in [4.78, 5) is 11.9. The van der Waals surface area contributed by atoms with E-state index in [9.17, 15) is 4.79 Å². The van der Waals surface area contributed by atoms with Crippen LogP contribution < -0.4 is 5.32 Å². The Morgan fingerprint density at radius 1 is 0.958 bits per heavy atom. The molecule has 0 aliphatic heterocycles. The van der Waals surface area contributed by atoms with E-state index in [1.54, 1.807) is 6.92 Å². The first-order valence-corrected chi connectivity index (χ1v) is 9.92. The molecule has 0 saturated heterocycles. The van der Waals surface area contributed by atoms with Gasteiger partial charge in [0.2, 0.25) is 0 Å². The quantitative estimate of drug-likeness (QED) is 0.190. The van der Waals surface area contributed by atoms with Crippen LogP contribution in [0.15, 0.2) is 12.2 Å². The van der Waals surface area contributed by atoms with Crippen molar-refractivity contribution < 1.29 is 4.79 Å². The summed E-state index contributed by atoms with van der Waals surface area (Å²) in [5, 5.41) is 2.75. The fourth-order valence-electron chi connectivity index (χ4n) is 2.59. The van der Waals surface area contributed by atoms with Crippen LogP contribution >= 0.6 is 28.6 Å². The Balaban J connectivity index is -0.00000102. The van der Waals surface area contributed by atoms with Crippen molar-refractivity contribution in [3.63, 3.8) is 0 Å². The number of nitrogens with one attached hydrogen (secondary N) is 1. The molecule has 0 spiro atoms. The summed E-state index contributed by atoms with van der Waals surface area (Å²) in [6.45, 7) is 7.82. The van der Waals surface area contributed by atoms with Crippen LogP contribution in [0.2, 0.25) is 0 Å². The van der Waals surface area contributed by atoms with E-state index in [0.717, 1.165) is 19.3 Å². The van der Waals surface area contributed by atoms with E-state index in [4.69, 9.17) is 11.6 Å². The van der Waals surface area contributed by atoms with E-state index < -0.39 is 0 Å². The molecule has 1 unspecified atom stereocenters. The van der Waals surface area contributed by atoms with Gasteiger partial charge < -0.3 is 5.32 Å². The van der Waals surface area contributed by atoms with Gasteiger partial charge in [0.25, 0.3) is 0 Å². The number of rotatable bonds is 14. The fraction of sp³-hybridized carbons (Fsp3) is 0.850. The maximum Gasteiger partial charge on any atom is 0.161 e. The second-order valence-electron chi connectivity index (χ2n) is 6.44. The molecule has 0 aromatic carbocycles. The van der Waals surface area contributed by atoms with Crippen molar-refractivity contribution in [1.82, 2.24) is 5.32 Å². The van der Waals surface area contributed by atoms with Gasteiger partial charge in [-0.2, -0.15) is 0 Å². The SMILES string of the molecule is Br.C=C(C)C(=O)C(CCCl)CCCCCCCCCCC.CNC. The van der Waals surface area contributed by atoms with Gasteiger partial charge in [0.15, 0.2) is 5.78 Å². The molecule has 0 aliphatic rings. The first kappa shape index (κ1) is 28.9. The first-order chi connectivity index (χ1) is 11.0. The van der Waals surface area contributed by atoms with Crippen molar-refractivity contribution >= 4 is 34.4 Å². The predicted octanol–water partition coefficient (Wildman–Crippen LogP) is 6.71. The number of alkyl halides is 1. The van der Waals surface area contributed by atoms with Gasteiger partial charge in [0, 0.05) is 11.8 Å². The summed E-state index contributed by atoms with van der Waals surface area (Å²) in [6, 6.07) is 0. The molecule has 0 aromatic heterocycles. The average molecular weight is 427 g/mol. The molecule has 0 amide bonds. The number of ketones is 1. The van der Waals surface area contributed by atoms with Crippen molar-refractivity contribution in [2.24, 2.45) is 5.92 Å². The molecule has 0 heterocycles. The molecule has 0 aliphatic carbocycles. The Morgan fingerprint density at radius 3 is 1.75 bits per heavy atom. The molecule has 1 N–H and O–H groups in total. The second-order valence-corrected chi connectivity index (χ2v) is 6.81. The topological polar surface area (TPSA) is 29.1 Å². The number of allylic oxidation sites excluding steroid dienone is 1. The van der Waals surface area contributed by atoms with Gasteiger partial charge in [-0.05, 0) is 39.4 Å². The summed E-state index contributed by atoms with van der Waals surface area (Å²) in [6.07, 6.45) is 13.7. The lowest BCUT2D eigenvalue weighted by molar-refractivity contribution is -0.119. The smallest absolute Gasteiger partial charge is 0.161 e. The molecule has 0 fully saturated rings. The Bertz CT molecular complexity index is 285. The summed E-state index contributed by atoms with van der Waals surface area (Å²) >= 11 is 5.79. The van der Waals surface area contributed by atoms with Gasteiger partial charge in [0.05, 0.1) is 0 Å². The number of unbranched alkanes of at least 4 members (excludes halogenated alkanes) is 8. The van der Waals surface area contributed by atoms with Crippen LogP contribution in [0.1, 0.15) is 84.5 Å². The number of carbonyl (C=O) groups is 1.